The Morgan fingerprint density at radius 1 is 1.15 bits per heavy atom. The van der Waals surface area contributed by atoms with Gasteiger partial charge in [0.25, 0.3) is 0 Å². The topological polar surface area (TPSA) is 38.7 Å². The van der Waals surface area contributed by atoms with E-state index >= 15 is 0 Å². The summed E-state index contributed by atoms with van der Waals surface area (Å²) in [5, 5.41) is 9.47. The molecule has 106 valence electrons. The quantitative estimate of drug-likeness (QED) is 0.846. The molecule has 0 aliphatic rings. The molecule has 0 amide bonds. The number of aliphatic hydroxyl groups is 1. The molecule has 0 radical (unpaired) electrons. The van der Waals surface area contributed by atoms with Gasteiger partial charge in [-0.3, -0.25) is 0 Å². The van der Waals surface area contributed by atoms with E-state index < -0.39 is 0 Å². The van der Waals surface area contributed by atoms with Gasteiger partial charge in [-0.25, -0.2) is 0 Å². The molecule has 0 heterocycles. The van der Waals surface area contributed by atoms with Crippen molar-refractivity contribution in [2.75, 3.05) is 6.61 Å². The van der Waals surface area contributed by atoms with Gasteiger partial charge in [-0.1, -0.05) is 27.5 Å². The molecule has 1 atom stereocenters. The van der Waals surface area contributed by atoms with Crippen molar-refractivity contribution in [1.29, 1.82) is 0 Å². The van der Waals surface area contributed by atoms with E-state index in [0.717, 1.165) is 4.47 Å². The van der Waals surface area contributed by atoms with Crippen LogP contribution in [0.2, 0.25) is 5.02 Å². The monoisotopic (exact) mass is 356 g/mol. The molecule has 5 heteroatoms. The van der Waals surface area contributed by atoms with Crippen molar-refractivity contribution in [2.45, 2.75) is 13.0 Å². The first-order valence-corrected chi connectivity index (χ1v) is 7.26. The van der Waals surface area contributed by atoms with Gasteiger partial charge in [-0.15, -0.1) is 0 Å². The second-order valence-electron chi connectivity index (χ2n) is 4.26. The number of rotatable bonds is 5. The summed E-state index contributed by atoms with van der Waals surface area (Å²) in [5.74, 6) is 1.94. The van der Waals surface area contributed by atoms with E-state index in [1.807, 2.05) is 6.07 Å². The van der Waals surface area contributed by atoms with Crippen molar-refractivity contribution in [2.24, 2.45) is 0 Å². The second-order valence-corrected chi connectivity index (χ2v) is 5.58. The van der Waals surface area contributed by atoms with Crippen LogP contribution in [0.3, 0.4) is 0 Å². The van der Waals surface area contributed by atoms with Crippen molar-refractivity contribution < 1.29 is 14.6 Å². The van der Waals surface area contributed by atoms with Crippen molar-refractivity contribution in [3.8, 4) is 17.2 Å². The van der Waals surface area contributed by atoms with Crippen LogP contribution in [0.4, 0.5) is 0 Å². The van der Waals surface area contributed by atoms with Crippen LogP contribution in [-0.4, -0.2) is 17.8 Å². The smallest absolute Gasteiger partial charge is 0.146 e. The van der Waals surface area contributed by atoms with Gasteiger partial charge in [0, 0.05) is 4.47 Å². The summed E-state index contributed by atoms with van der Waals surface area (Å²) < 4.78 is 12.1. The highest BCUT2D eigenvalue weighted by Crippen LogP contribution is 2.32. The molecule has 1 unspecified atom stereocenters. The van der Waals surface area contributed by atoms with E-state index in [9.17, 15) is 0 Å². The highest BCUT2D eigenvalue weighted by molar-refractivity contribution is 9.10. The van der Waals surface area contributed by atoms with E-state index in [1.54, 1.807) is 43.3 Å². The van der Waals surface area contributed by atoms with Crippen molar-refractivity contribution in [3.63, 3.8) is 0 Å². The number of hydrogen-bond donors (Lipinski definition) is 1. The van der Waals surface area contributed by atoms with Crippen molar-refractivity contribution in [3.05, 3.63) is 52.0 Å². The highest BCUT2D eigenvalue weighted by Gasteiger charge is 2.05. The van der Waals surface area contributed by atoms with Crippen molar-refractivity contribution in [1.82, 2.24) is 0 Å². The SMILES string of the molecule is CC(CO)Oc1ccc(Oc2ccc(Br)cc2Cl)cc1. The molecular formula is C15H14BrClO3. The minimum atomic E-state index is -0.234. The Labute approximate surface area is 131 Å². The zero-order valence-corrected chi connectivity index (χ0v) is 13.2. The zero-order valence-electron chi connectivity index (χ0n) is 10.8. The minimum Gasteiger partial charge on any atom is -0.488 e. The lowest BCUT2D eigenvalue weighted by molar-refractivity contribution is 0.129. The van der Waals surface area contributed by atoms with E-state index in [-0.39, 0.29) is 12.7 Å². The summed E-state index contributed by atoms with van der Waals surface area (Å²) in [4.78, 5) is 0. The predicted molar refractivity (Wildman–Crippen MR) is 82.8 cm³/mol. The Morgan fingerprint density at radius 2 is 1.80 bits per heavy atom. The number of ether oxygens (including phenoxy) is 2. The Bertz CT molecular complexity index is 572. The lowest BCUT2D eigenvalue weighted by atomic mass is 10.3. The average Bonchev–Trinajstić information content (AvgIpc) is 2.44. The van der Waals surface area contributed by atoms with Gasteiger partial charge >= 0.3 is 0 Å². The fourth-order valence-corrected chi connectivity index (χ4v) is 2.25. The van der Waals surface area contributed by atoms with Crippen LogP contribution in [0.1, 0.15) is 6.92 Å². The molecule has 1 N–H and O–H groups in total. The van der Waals surface area contributed by atoms with Crippen LogP contribution in [0.15, 0.2) is 46.9 Å². The molecular weight excluding hydrogens is 344 g/mol. The molecule has 20 heavy (non-hydrogen) atoms. The Morgan fingerprint density at radius 3 is 2.40 bits per heavy atom. The van der Waals surface area contributed by atoms with Gasteiger partial charge in [0.2, 0.25) is 0 Å². The molecule has 3 nitrogen and oxygen atoms in total. The molecule has 2 aromatic carbocycles. The summed E-state index contributed by atoms with van der Waals surface area (Å²) in [7, 11) is 0. The van der Waals surface area contributed by atoms with E-state index in [4.69, 9.17) is 26.2 Å². The third kappa shape index (κ3) is 4.13. The minimum absolute atomic E-state index is 0.0211. The van der Waals surface area contributed by atoms with Gasteiger partial charge in [-0.05, 0) is 49.4 Å². The Hall–Kier alpha value is -1.23. The second kappa shape index (κ2) is 6.97. The Kier molecular flexibility index (Phi) is 5.29. The maximum absolute atomic E-state index is 8.93. The van der Waals surface area contributed by atoms with Crippen LogP contribution in [0.5, 0.6) is 17.2 Å². The molecule has 0 saturated heterocycles. The first-order chi connectivity index (χ1) is 9.58. The Balaban J connectivity index is 2.07. The van der Waals surface area contributed by atoms with Crippen molar-refractivity contribution >= 4 is 27.5 Å². The van der Waals surface area contributed by atoms with Gasteiger partial charge < -0.3 is 14.6 Å². The molecule has 0 spiro atoms. The van der Waals surface area contributed by atoms with E-state index in [0.29, 0.717) is 22.3 Å². The number of benzene rings is 2. The van der Waals surface area contributed by atoms with Gasteiger partial charge in [0.15, 0.2) is 0 Å². The molecule has 0 bridgehead atoms. The lowest BCUT2D eigenvalue weighted by Gasteiger charge is -2.12. The first-order valence-electron chi connectivity index (χ1n) is 6.09. The van der Waals surface area contributed by atoms with Crippen LogP contribution < -0.4 is 9.47 Å². The summed E-state index contributed by atoms with van der Waals surface area (Å²) >= 11 is 9.43. The highest BCUT2D eigenvalue weighted by atomic mass is 79.9. The van der Waals surface area contributed by atoms with E-state index in [1.165, 1.54) is 0 Å². The summed E-state index contributed by atoms with van der Waals surface area (Å²) in [6.07, 6.45) is -0.234. The third-order valence-corrected chi connectivity index (χ3v) is 3.33. The molecule has 0 fully saturated rings. The molecule has 0 aromatic heterocycles. The fourth-order valence-electron chi connectivity index (χ4n) is 1.54. The molecule has 0 aliphatic heterocycles. The number of halogens is 2. The molecule has 2 aromatic rings. The zero-order chi connectivity index (χ0) is 14.5. The maximum atomic E-state index is 8.93. The number of hydrogen-bond acceptors (Lipinski definition) is 3. The third-order valence-electron chi connectivity index (χ3n) is 2.54. The molecule has 2 rings (SSSR count). The standard InChI is InChI=1S/C15H14BrClO3/c1-10(9-18)19-12-3-5-13(6-4-12)20-15-7-2-11(16)8-14(15)17/h2-8,10,18H,9H2,1H3. The maximum Gasteiger partial charge on any atom is 0.146 e. The number of aliphatic hydroxyl groups excluding tert-OH is 1. The summed E-state index contributed by atoms with van der Waals surface area (Å²) in [5.41, 5.74) is 0. The van der Waals surface area contributed by atoms with Gasteiger partial charge in [0.1, 0.15) is 23.4 Å². The summed E-state index contributed by atoms with van der Waals surface area (Å²) in [6.45, 7) is 1.78. The van der Waals surface area contributed by atoms with Crippen LogP contribution in [0, 0.1) is 0 Å². The van der Waals surface area contributed by atoms with Crippen LogP contribution in [0.25, 0.3) is 0 Å². The normalized spacial score (nSPS) is 12.0. The van der Waals surface area contributed by atoms with Crippen LogP contribution in [-0.2, 0) is 0 Å². The fraction of sp³-hybridized carbons (Fsp3) is 0.200. The first kappa shape index (κ1) is 15.2. The lowest BCUT2D eigenvalue weighted by Crippen LogP contribution is -2.15. The summed E-state index contributed by atoms with van der Waals surface area (Å²) in [6, 6.07) is 12.6. The van der Waals surface area contributed by atoms with E-state index in [2.05, 4.69) is 15.9 Å². The van der Waals surface area contributed by atoms with Gasteiger partial charge in [0.05, 0.1) is 11.6 Å². The largest absolute Gasteiger partial charge is 0.488 e. The average molecular weight is 358 g/mol. The predicted octanol–water partition coefficient (Wildman–Crippen LogP) is 4.65. The molecule has 0 saturated carbocycles. The van der Waals surface area contributed by atoms with Gasteiger partial charge in [-0.2, -0.15) is 0 Å². The van der Waals surface area contributed by atoms with Crippen LogP contribution >= 0.6 is 27.5 Å². The molecule has 0 aliphatic carbocycles.